The minimum atomic E-state index is -4.76. The summed E-state index contributed by atoms with van der Waals surface area (Å²) in [5, 5.41) is 0. The Balaban J connectivity index is 1.40. The molecule has 2 aromatic carbocycles. The normalized spacial score (nSPS) is 24.1. The maximum absolute atomic E-state index is 16.1. The highest BCUT2D eigenvalue weighted by atomic mass is 32.2. The first-order valence-corrected chi connectivity index (χ1v) is 16.1. The number of hydrogen-bond donors (Lipinski definition) is 2. The molecule has 0 radical (unpaired) electrons. The van der Waals surface area contributed by atoms with Crippen molar-refractivity contribution in [2.45, 2.75) is 98.9 Å². The second-order valence-electron chi connectivity index (χ2n) is 11.9. The summed E-state index contributed by atoms with van der Waals surface area (Å²) in [6.07, 6.45) is 2.68. The van der Waals surface area contributed by atoms with E-state index in [0.717, 1.165) is 25.7 Å². The Hall–Kier alpha value is -2.77. The van der Waals surface area contributed by atoms with Gasteiger partial charge in [-0.2, -0.15) is 26.7 Å². The van der Waals surface area contributed by atoms with Gasteiger partial charge in [-0.3, -0.25) is 4.79 Å². The number of piperidine rings is 1. The molecule has 1 amide bonds. The van der Waals surface area contributed by atoms with Crippen molar-refractivity contribution >= 4 is 15.9 Å². The van der Waals surface area contributed by atoms with E-state index in [9.17, 15) is 26.4 Å². The van der Waals surface area contributed by atoms with E-state index < -0.39 is 57.3 Å². The number of fused-ring (bicyclic) bond motifs is 2. The molecule has 43 heavy (non-hydrogen) atoms. The van der Waals surface area contributed by atoms with Gasteiger partial charge in [0.05, 0.1) is 17.1 Å². The standard InChI is InChI=1S/C30H36F5N3O4S/c31-29(32,20-6-8-21(9-7-20)30(33,34)35)27(28(39)38-23-10-11-24(38)17-22(36)16-23)37-43(40,41)26-14-12-25(13-15-26)42-18-19-4-2-1-3-5-19/h6-9,12-15,19,22-24,27,37H,1-5,10-11,16-18,36H2/t22?,23?,24?,27-/m1/s1. The summed E-state index contributed by atoms with van der Waals surface area (Å²) in [5.74, 6) is -4.48. The molecule has 3 N–H and O–H groups in total. The number of hydrogen-bond acceptors (Lipinski definition) is 5. The van der Waals surface area contributed by atoms with E-state index >= 15 is 8.78 Å². The number of halogens is 5. The third-order valence-corrected chi connectivity index (χ3v) is 10.3. The van der Waals surface area contributed by atoms with Gasteiger partial charge >= 0.3 is 6.18 Å². The molecule has 2 heterocycles. The highest BCUT2D eigenvalue weighted by molar-refractivity contribution is 7.89. The van der Waals surface area contributed by atoms with Crippen LogP contribution in [0.25, 0.3) is 0 Å². The molecule has 2 bridgehead atoms. The van der Waals surface area contributed by atoms with Crippen LogP contribution in [0.5, 0.6) is 5.75 Å². The van der Waals surface area contributed by atoms with Crippen molar-refractivity contribution in [3.8, 4) is 5.75 Å². The van der Waals surface area contributed by atoms with Crippen LogP contribution >= 0.6 is 0 Å². The van der Waals surface area contributed by atoms with Gasteiger partial charge in [0.25, 0.3) is 5.92 Å². The van der Waals surface area contributed by atoms with Gasteiger partial charge in [-0.05, 0) is 80.8 Å². The van der Waals surface area contributed by atoms with Crippen molar-refractivity contribution in [3.63, 3.8) is 0 Å². The van der Waals surface area contributed by atoms with E-state index in [1.807, 2.05) is 4.72 Å². The van der Waals surface area contributed by atoms with Crippen LogP contribution < -0.4 is 15.2 Å². The maximum atomic E-state index is 16.1. The number of carbonyl (C=O) groups excluding carboxylic acids is 1. The quantitative estimate of drug-likeness (QED) is 0.353. The summed E-state index contributed by atoms with van der Waals surface area (Å²) in [6, 6.07) is 3.68. The molecule has 3 atom stereocenters. The average Bonchev–Trinajstić information content (AvgIpc) is 3.25. The molecule has 1 aliphatic carbocycles. The largest absolute Gasteiger partial charge is 0.493 e. The van der Waals surface area contributed by atoms with Crippen LogP contribution in [0.2, 0.25) is 0 Å². The predicted octanol–water partition coefficient (Wildman–Crippen LogP) is 5.58. The molecule has 1 saturated carbocycles. The van der Waals surface area contributed by atoms with Gasteiger partial charge in [0, 0.05) is 23.7 Å². The zero-order chi connectivity index (χ0) is 31.0. The van der Waals surface area contributed by atoms with E-state index in [-0.39, 0.29) is 10.9 Å². The first kappa shape index (κ1) is 31.6. The lowest BCUT2D eigenvalue weighted by Crippen LogP contribution is -2.60. The van der Waals surface area contributed by atoms with Gasteiger partial charge in [-0.1, -0.05) is 31.4 Å². The van der Waals surface area contributed by atoms with E-state index in [2.05, 4.69) is 0 Å². The first-order chi connectivity index (χ1) is 20.3. The third kappa shape index (κ3) is 6.99. The minimum Gasteiger partial charge on any atom is -0.493 e. The molecule has 2 aromatic rings. The van der Waals surface area contributed by atoms with Crippen LogP contribution in [0, 0.1) is 5.92 Å². The predicted molar refractivity (Wildman–Crippen MR) is 149 cm³/mol. The highest BCUT2D eigenvalue weighted by Gasteiger charge is 2.53. The Morgan fingerprint density at radius 1 is 0.884 bits per heavy atom. The van der Waals surface area contributed by atoms with Gasteiger partial charge in [-0.25, -0.2) is 8.42 Å². The van der Waals surface area contributed by atoms with E-state index in [0.29, 0.717) is 68.2 Å². The molecule has 3 aliphatic rings. The Morgan fingerprint density at radius 2 is 1.44 bits per heavy atom. The summed E-state index contributed by atoms with van der Waals surface area (Å²) in [7, 11) is -4.68. The number of nitrogens with zero attached hydrogens (tertiary/aromatic N) is 1. The number of nitrogens with one attached hydrogen (secondary N) is 1. The van der Waals surface area contributed by atoms with Gasteiger partial charge in [-0.15, -0.1) is 0 Å². The number of carbonyl (C=O) groups is 1. The molecule has 0 spiro atoms. The second-order valence-corrected chi connectivity index (χ2v) is 13.6. The van der Waals surface area contributed by atoms with Crippen LogP contribution in [-0.2, 0) is 26.9 Å². The van der Waals surface area contributed by atoms with Crippen molar-refractivity contribution in [1.82, 2.24) is 9.62 Å². The van der Waals surface area contributed by atoms with Crippen molar-refractivity contribution in [2.75, 3.05) is 6.61 Å². The van der Waals surface area contributed by atoms with Crippen LogP contribution in [-0.4, -0.2) is 50.0 Å². The summed E-state index contributed by atoms with van der Waals surface area (Å²) < 4.78 is 106. The van der Waals surface area contributed by atoms with Crippen LogP contribution in [0.3, 0.4) is 0 Å². The van der Waals surface area contributed by atoms with Crippen molar-refractivity contribution in [2.24, 2.45) is 11.7 Å². The Kier molecular flexibility index (Phi) is 9.06. The maximum Gasteiger partial charge on any atom is 0.416 e. The van der Waals surface area contributed by atoms with Crippen LogP contribution in [0.4, 0.5) is 22.0 Å². The van der Waals surface area contributed by atoms with E-state index in [4.69, 9.17) is 10.5 Å². The van der Waals surface area contributed by atoms with Crippen molar-refractivity contribution in [1.29, 1.82) is 0 Å². The first-order valence-electron chi connectivity index (χ1n) is 14.6. The fourth-order valence-electron chi connectivity index (χ4n) is 6.56. The minimum absolute atomic E-state index is 0.217. The van der Waals surface area contributed by atoms with Crippen LogP contribution in [0.15, 0.2) is 53.4 Å². The molecule has 5 rings (SSSR count). The lowest BCUT2D eigenvalue weighted by Gasteiger charge is -2.41. The average molecular weight is 630 g/mol. The molecule has 2 unspecified atom stereocenters. The van der Waals surface area contributed by atoms with E-state index in [1.54, 1.807) is 0 Å². The summed E-state index contributed by atoms with van der Waals surface area (Å²) in [4.78, 5) is 14.7. The zero-order valence-corrected chi connectivity index (χ0v) is 24.3. The third-order valence-electron chi connectivity index (χ3n) is 8.85. The summed E-state index contributed by atoms with van der Waals surface area (Å²) in [6.45, 7) is 0.488. The smallest absolute Gasteiger partial charge is 0.416 e. The Morgan fingerprint density at radius 3 is 2.00 bits per heavy atom. The fraction of sp³-hybridized carbons (Fsp3) is 0.567. The number of nitrogens with two attached hydrogens (primary N) is 1. The number of amides is 1. The molecule has 236 valence electrons. The number of rotatable bonds is 9. The summed E-state index contributed by atoms with van der Waals surface area (Å²) in [5.41, 5.74) is 4.00. The molecule has 7 nitrogen and oxygen atoms in total. The highest BCUT2D eigenvalue weighted by Crippen LogP contribution is 2.41. The molecular formula is C30H36F5N3O4S. The topological polar surface area (TPSA) is 102 Å². The molecule has 2 saturated heterocycles. The van der Waals surface area contributed by atoms with Gasteiger partial charge < -0.3 is 15.4 Å². The Bertz CT molecular complexity index is 1370. The number of ether oxygens (including phenoxy) is 1. The number of sulfonamides is 1. The number of alkyl halides is 5. The lowest BCUT2D eigenvalue weighted by molar-refractivity contribution is -0.149. The number of benzene rings is 2. The van der Waals surface area contributed by atoms with Gasteiger partial charge in [0.2, 0.25) is 15.9 Å². The molecule has 3 fully saturated rings. The van der Waals surface area contributed by atoms with Gasteiger partial charge in [0.1, 0.15) is 5.75 Å². The Labute approximate surface area is 248 Å². The SMILES string of the molecule is NC1CC2CCC(C1)N2C(=O)[C@@H](NS(=O)(=O)c1ccc(OCC2CCCCC2)cc1)C(F)(F)c1ccc(C(F)(F)F)cc1. The van der Waals surface area contributed by atoms with E-state index in [1.165, 1.54) is 35.6 Å². The fourth-order valence-corrected chi connectivity index (χ4v) is 7.75. The lowest BCUT2D eigenvalue weighted by atomic mass is 9.90. The summed E-state index contributed by atoms with van der Waals surface area (Å²) >= 11 is 0. The van der Waals surface area contributed by atoms with Crippen molar-refractivity contribution in [3.05, 3.63) is 59.7 Å². The molecular weight excluding hydrogens is 593 g/mol. The second kappa shape index (κ2) is 12.3. The molecule has 2 aliphatic heterocycles. The molecule has 13 heteroatoms. The monoisotopic (exact) mass is 629 g/mol. The van der Waals surface area contributed by atoms with Crippen LogP contribution in [0.1, 0.15) is 68.9 Å². The van der Waals surface area contributed by atoms with Crippen molar-refractivity contribution < 1.29 is 39.9 Å². The van der Waals surface area contributed by atoms with Gasteiger partial charge in [0.15, 0.2) is 6.04 Å². The molecule has 0 aromatic heterocycles. The zero-order valence-electron chi connectivity index (χ0n) is 23.5.